The molecule has 0 unspecified atom stereocenters. The van der Waals surface area contributed by atoms with Crippen molar-refractivity contribution in [2.45, 2.75) is 19.4 Å². The lowest BCUT2D eigenvalue weighted by molar-refractivity contribution is 0.0596. The van der Waals surface area contributed by atoms with Gasteiger partial charge in [0.15, 0.2) is 5.69 Å². The van der Waals surface area contributed by atoms with E-state index in [0.717, 1.165) is 18.7 Å². The standard InChI is InChI=1S/C11H15N5O2/c1-18-11(17)9-10(12)16(7-15-9)6-2-3-8-13-4-5-14-8/h4-5,7H,2-3,6,12H2,1H3,(H,13,14). The molecule has 0 aromatic carbocycles. The monoisotopic (exact) mass is 249 g/mol. The molecule has 2 heterocycles. The van der Waals surface area contributed by atoms with Crippen molar-refractivity contribution in [3.05, 3.63) is 30.2 Å². The zero-order valence-corrected chi connectivity index (χ0v) is 10.1. The summed E-state index contributed by atoms with van der Waals surface area (Å²) in [5.41, 5.74) is 5.98. The van der Waals surface area contributed by atoms with Crippen LogP contribution in [0.15, 0.2) is 18.7 Å². The number of hydrogen-bond acceptors (Lipinski definition) is 5. The normalized spacial score (nSPS) is 10.5. The van der Waals surface area contributed by atoms with Crippen LogP contribution in [0.3, 0.4) is 0 Å². The molecule has 96 valence electrons. The number of methoxy groups -OCH3 is 1. The second kappa shape index (κ2) is 5.35. The summed E-state index contributed by atoms with van der Waals surface area (Å²) in [6, 6.07) is 0. The molecule has 7 heteroatoms. The van der Waals surface area contributed by atoms with Crippen molar-refractivity contribution in [1.29, 1.82) is 0 Å². The summed E-state index contributed by atoms with van der Waals surface area (Å²) in [7, 11) is 1.30. The minimum absolute atomic E-state index is 0.162. The van der Waals surface area contributed by atoms with Crippen molar-refractivity contribution in [3.63, 3.8) is 0 Å². The van der Waals surface area contributed by atoms with Gasteiger partial charge in [0.05, 0.1) is 13.4 Å². The van der Waals surface area contributed by atoms with Gasteiger partial charge in [-0.25, -0.2) is 14.8 Å². The highest BCUT2D eigenvalue weighted by molar-refractivity contribution is 5.91. The molecule has 0 fully saturated rings. The number of aromatic nitrogens is 4. The lowest BCUT2D eigenvalue weighted by atomic mass is 10.3. The lowest BCUT2D eigenvalue weighted by Crippen LogP contribution is -2.09. The lowest BCUT2D eigenvalue weighted by Gasteiger charge is -2.04. The van der Waals surface area contributed by atoms with E-state index in [1.807, 2.05) is 0 Å². The molecule has 2 aromatic heterocycles. The van der Waals surface area contributed by atoms with E-state index in [1.165, 1.54) is 7.11 Å². The predicted molar refractivity (Wildman–Crippen MR) is 64.9 cm³/mol. The minimum Gasteiger partial charge on any atom is -0.464 e. The van der Waals surface area contributed by atoms with Gasteiger partial charge in [0.25, 0.3) is 0 Å². The van der Waals surface area contributed by atoms with E-state index in [0.29, 0.717) is 12.4 Å². The van der Waals surface area contributed by atoms with Gasteiger partial charge in [-0.2, -0.15) is 0 Å². The number of hydrogen-bond donors (Lipinski definition) is 2. The number of rotatable bonds is 5. The molecule has 2 rings (SSSR count). The largest absolute Gasteiger partial charge is 0.464 e. The Labute approximate surface area is 104 Å². The fourth-order valence-corrected chi connectivity index (χ4v) is 1.68. The van der Waals surface area contributed by atoms with Gasteiger partial charge in [0.2, 0.25) is 0 Å². The molecule has 0 aliphatic carbocycles. The molecule has 0 aliphatic heterocycles. The number of ether oxygens (including phenoxy) is 1. The Bertz CT molecular complexity index is 518. The highest BCUT2D eigenvalue weighted by atomic mass is 16.5. The van der Waals surface area contributed by atoms with Crippen molar-refractivity contribution in [3.8, 4) is 0 Å². The van der Waals surface area contributed by atoms with Crippen LogP contribution in [0.4, 0.5) is 5.82 Å². The Morgan fingerprint density at radius 3 is 3.06 bits per heavy atom. The number of carbonyl (C=O) groups is 1. The van der Waals surface area contributed by atoms with Crippen LogP contribution in [0.1, 0.15) is 22.7 Å². The number of H-pyrrole nitrogens is 1. The first-order valence-electron chi connectivity index (χ1n) is 5.59. The van der Waals surface area contributed by atoms with E-state index >= 15 is 0 Å². The second-order valence-electron chi connectivity index (χ2n) is 3.80. The molecule has 3 N–H and O–H groups in total. The van der Waals surface area contributed by atoms with Gasteiger partial charge in [-0.05, 0) is 6.42 Å². The molecule has 0 saturated heterocycles. The van der Waals surface area contributed by atoms with E-state index in [1.54, 1.807) is 23.3 Å². The molecular formula is C11H15N5O2. The molecule has 18 heavy (non-hydrogen) atoms. The Kier molecular flexibility index (Phi) is 3.61. The average molecular weight is 249 g/mol. The summed E-state index contributed by atoms with van der Waals surface area (Å²) >= 11 is 0. The summed E-state index contributed by atoms with van der Waals surface area (Å²) in [4.78, 5) is 22.4. The van der Waals surface area contributed by atoms with E-state index in [2.05, 4.69) is 19.7 Å². The minimum atomic E-state index is -0.516. The highest BCUT2D eigenvalue weighted by Gasteiger charge is 2.15. The SMILES string of the molecule is COC(=O)c1ncn(CCCc2ncc[nH]2)c1N. The predicted octanol–water partition coefficient (Wildman–Crippen LogP) is 0.608. The van der Waals surface area contributed by atoms with Crippen LogP contribution in [0.5, 0.6) is 0 Å². The molecule has 0 aliphatic rings. The molecule has 0 spiro atoms. The van der Waals surface area contributed by atoms with Gasteiger partial charge in [0, 0.05) is 25.4 Å². The van der Waals surface area contributed by atoms with E-state index in [9.17, 15) is 4.79 Å². The number of imidazole rings is 2. The van der Waals surface area contributed by atoms with Crippen LogP contribution in [0.25, 0.3) is 0 Å². The van der Waals surface area contributed by atoms with E-state index < -0.39 is 5.97 Å². The number of nitrogens with one attached hydrogen (secondary N) is 1. The zero-order valence-electron chi connectivity index (χ0n) is 10.1. The summed E-state index contributed by atoms with van der Waals surface area (Å²) in [5, 5.41) is 0. The number of aromatic amines is 1. The maximum atomic E-state index is 11.3. The van der Waals surface area contributed by atoms with Crippen LogP contribution < -0.4 is 5.73 Å². The van der Waals surface area contributed by atoms with Crippen molar-refractivity contribution in [2.75, 3.05) is 12.8 Å². The average Bonchev–Trinajstić information content (AvgIpc) is 3.00. The van der Waals surface area contributed by atoms with E-state index in [-0.39, 0.29) is 5.69 Å². The number of anilines is 1. The van der Waals surface area contributed by atoms with Gasteiger partial charge in [0.1, 0.15) is 11.6 Å². The third-order valence-electron chi connectivity index (χ3n) is 2.62. The highest BCUT2D eigenvalue weighted by Crippen LogP contribution is 2.12. The number of esters is 1. The smallest absolute Gasteiger partial charge is 0.360 e. The number of nitrogen functional groups attached to an aromatic ring is 1. The maximum Gasteiger partial charge on any atom is 0.360 e. The van der Waals surface area contributed by atoms with Crippen LogP contribution in [0, 0.1) is 0 Å². The quantitative estimate of drug-likeness (QED) is 0.756. The fourth-order valence-electron chi connectivity index (χ4n) is 1.68. The number of nitrogens with two attached hydrogens (primary N) is 1. The van der Waals surface area contributed by atoms with Crippen LogP contribution >= 0.6 is 0 Å². The van der Waals surface area contributed by atoms with Gasteiger partial charge < -0.3 is 20.0 Å². The third kappa shape index (κ3) is 2.50. The topological polar surface area (TPSA) is 98.8 Å². The molecule has 0 amide bonds. The zero-order chi connectivity index (χ0) is 13.0. The van der Waals surface area contributed by atoms with Crippen molar-refractivity contribution < 1.29 is 9.53 Å². The number of carbonyl (C=O) groups excluding carboxylic acids is 1. The molecule has 0 radical (unpaired) electrons. The third-order valence-corrected chi connectivity index (χ3v) is 2.62. The summed E-state index contributed by atoms with van der Waals surface area (Å²) < 4.78 is 6.32. The van der Waals surface area contributed by atoms with E-state index in [4.69, 9.17) is 5.73 Å². The Morgan fingerprint density at radius 1 is 1.56 bits per heavy atom. The molecular weight excluding hydrogens is 234 g/mol. The first-order valence-corrected chi connectivity index (χ1v) is 5.59. The van der Waals surface area contributed by atoms with Gasteiger partial charge in [-0.15, -0.1) is 0 Å². The van der Waals surface area contributed by atoms with Crippen molar-refractivity contribution in [1.82, 2.24) is 19.5 Å². The molecule has 0 bridgehead atoms. The Morgan fingerprint density at radius 2 is 2.39 bits per heavy atom. The second-order valence-corrected chi connectivity index (χ2v) is 3.80. The first-order chi connectivity index (χ1) is 8.72. The van der Waals surface area contributed by atoms with Crippen LogP contribution in [0.2, 0.25) is 0 Å². The first kappa shape index (κ1) is 12.2. The van der Waals surface area contributed by atoms with Gasteiger partial charge >= 0.3 is 5.97 Å². The van der Waals surface area contributed by atoms with Crippen LogP contribution in [-0.4, -0.2) is 32.6 Å². The summed E-state index contributed by atoms with van der Waals surface area (Å²) in [6.45, 7) is 0.677. The number of nitrogens with zero attached hydrogens (tertiary/aromatic N) is 3. The molecule has 0 saturated carbocycles. The maximum absolute atomic E-state index is 11.3. The molecule has 2 aromatic rings. The fraction of sp³-hybridized carbons (Fsp3) is 0.364. The Hall–Kier alpha value is -2.31. The van der Waals surface area contributed by atoms with Gasteiger partial charge in [-0.3, -0.25) is 0 Å². The molecule has 7 nitrogen and oxygen atoms in total. The van der Waals surface area contributed by atoms with Gasteiger partial charge in [-0.1, -0.05) is 0 Å². The molecule has 0 atom stereocenters. The summed E-state index contributed by atoms with van der Waals surface area (Å²) in [6.07, 6.45) is 6.73. The van der Waals surface area contributed by atoms with Crippen molar-refractivity contribution >= 4 is 11.8 Å². The summed E-state index contributed by atoms with van der Waals surface area (Å²) in [5.74, 6) is 0.750. The Balaban J connectivity index is 1.94. The van der Waals surface area contributed by atoms with Crippen molar-refractivity contribution in [2.24, 2.45) is 0 Å². The van der Waals surface area contributed by atoms with Crippen LogP contribution in [-0.2, 0) is 17.7 Å². The number of aryl methyl sites for hydroxylation is 2.